The van der Waals surface area contributed by atoms with Crippen molar-refractivity contribution in [2.45, 2.75) is 0 Å². The molecule has 4 heteroatoms. The third-order valence-electron chi connectivity index (χ3n) is 12.0. The summed E-state index contributed by atoms with van der Waals surface area (Å²) in [4.78, 5) is 4.89. The molecule has 10 aromatic carbocycles. The molecule has 0 aliphatic carbocycles. The van der Waals surface area contributed by atoms with Gasteiger partial charge in [-0.15, -0.1) is 22.7 Å². The van der Waals surface area contributed by atoms with Crippen LogP contribution in [-0.2, 0) is 0 Å². The van der Waals surface area contributed by atoms with Crippen molar-refractivity contribution in [2.75, 3.05) is 9.80 Å². The van der Waals surface area contributed by atoms with Crippen molar-refractivity contribution in [2.24, 2.45) is 0 Å². The van der Waals surface area contributed by atoms with E-state index in [-0.39, 0.29) is 0 Å². The van der Waals surface area contributed by atoms with Gasteiger partial charge in [-0.1, -0.05) is 146 Å². The van der Waals surface area contributed by atoms with Gasteiger partial charge in [0.1, 0.15) is 0 Å². The Morgan fingerprint density at radius 2 is 0.613 bits per heavy atom. The number of rotatable bonds is 8. The van der Waals surface area contributed by atoms with Gasteiger partial charge in [0.2, 0.25) is 0 Å². The maximum Gasteiger partial charge on any atom is 0.0546 e. The highest BCUT2D eigenvalue weighted by atomic mass is 32.1. The van der Waals surface area contributed by atoms with Crippen LogP contribution in [-0.4, -0.2) is 0 Å². The second kappa shape index (κ2) is 15.2. The number of para-hydroxylation sites is 2. The highest BCUT2D eigenvalue weighted by Crippen LogP contribution is 2.49. The number of anilines is 6. The fraction of sp³-hybridized carbons (Fsp3) is 0. The molecule has 0 unspecified atom stereocenters. The van der Waals surface area contributed by atoms with E-state index in [4.69, 9.17) is 0 Å². The zero-order chi connectivity index (χ0) is 41.0. The molecule has 0 saturated heterocycles. The topological polar surface area (TPSA) is 6.48 Å². The highest BCUT2D eigenvalue weighted by Gasteiger charge is 2.23. The van der Waals surface area contributed by atoms with Gasteiger partial charge in [0.25, 0.3) is 0 Å². The molecular weight excluding hydrogens is 789 g/mol. The molecule has 12 aromatic rings. The van der Waals surface area contributed by atoms with Crippen LogP contribution < -0.4 is 9.80 Å². The molecule has 0 N–H and O–H groups in total. The van der Waals surface area contributed by atoms with Crippen molar-refractivity contribution < 1.29 is 0 Å². The SMILES string of the molecule is c1ccc(-c2cc3cc(-c4ccccc4)c(N(c4ccccc4)c4ccc5c(c4)sc4ccccc45)cc3cc2N(c2ccccc2)c2ccc3c(c2)sc2ccccc23)cc1. The lowest BCUT2D eigenvalue weighted by Crippen LogP contribution is -2.12. The standard InChI is InChI=1S/C58H38N2S2/c1-5-17-39(18-6-1)51-33-41-34-52(40-19-7-2-8-20-40)54(60(44-23-11-4-12-24-44)46-30-32-50-48-26-14-16-28-56(48)62-58(50)38-46)36-42(41)35-53(51)59(43-21-9-3-10-22-43)45-29-31-49-47-25-13-15-27-55(47)61-57(49)37-45/h1-38H. The van der Waals surface area contributed by atoms with Gasteiger partial charge in [0.05, 0.1) is 11.4 Å². The number of nitrogens with zero attached hydrogens (tertiary/aromatic N) is 2. The molecule has 2 aromatic heterocycles. The lowest BCUT2D eigenvalue weighted by atomic mass is 9.93. The van der Waals surface area contributed by atoms with Gasteiger partial charge in [0.15, 0.2) is 0 Å². The third-order valence-corrected chi connectivity index (χ3v) is 14.3. The van der Waals surface area contributed by atoms with Gasteiger partial charge in [-0.3, -0.25) is 0 Å². The predicted octanol–water partition coefficient (Wildman–Crippen LogP) is 17.8. The molecular formula is C58H38N2S2. The number of benzene rings is 10. The fourth-order valence-electron chi connectivity index (χ4n) is 9.11. The zero-order valence-corrected chi connectivity index (χ0v) is 35.3. The molecule has 0 aliphatic rings. The van der Waals surface area contributed by atoms with Crippen LogP contribution in [0.15, 0.2) is 231 Å². The van der Waals surface area contributed by atoms with Crippen LogP contribution in [0.1, 0.15) is 0 Å². The molecule has 0 radical (unpaired) electrons. The molecule has 0 fully saturated rings. The minimum absolute atomic E-state index is 1.10. The van der Waals surface area contributed by atoms with Gasteiger partial charge in [-0.2, -0.15) is 0 Å². The van der Waals surface area contributed by atoms with Gasteiger partial charge in [0, 0.05) is 74.2 Å². The van der Waals surface area contributed by atoms with Crippen LogP contribution >= 0.6 is 22.7 Å². The Balaban J connectivity index is 1.13. The molecule has 292 valence electrons. The van der Waals surface area contributed by atoms with Crippen molar-refractivity contribution in [3.8, 4) is 22.3 Å². The van der Waals surface area contributed by atoms with E-state index in [0.717, 1.165) is 39.5 Å². The maximum absolute atomic E-state index is 2.45. The van der Waals surface area contributed by atoms with E-state index < -0.39 is 0 Å². The van der Waals surface area contributed by atoms with Crippen LogP contribution in [0.25, 0.3) is 73.4 Å². The molecule has 0 aliphatic heterocycles. The molecule has 2 heterocycles. The number of hydrogen-bond donors (Lipinski definition) is 0. The molecule has 0 bridgehead atoms. The van der Waals surface area contributed by atoms with Crippen molar-refractivity contribution in [1.82, 2.24) is 0 Å². The van der Waals surface area contributed by atoms with Crippen molar-refractivity contribution in [1.29, 1.82) is 0 Å². The summed E-state index contributed by atoms with van der Waals surface area (Å²) < 4.78 is 5.15. The molecule has 62 heavy (non-hydrogen) atoms. The minimum atomic E-state index is 1.10. The van der Waals surface area contributed by atoms with Crippen LogP contribution in [0.2, 0.25) is 0 Å². The average Bonchev–Trinajstić information content (AvgIpc) is 3.90. The van der Waals surface area contributed by atoms with Crippen molar-refractivity contribution in [3.05, 3.63) is 231 Å². The second-order valence-electron chi connectivity index (χ2n) is 15.7. The summed E-state index contributed by atoms with van der Waals surface area (Å²) in [5.41, 5.74) is 11.4. The van der Waals surface area contributed by atoms with Gasteiger partial charge < -0.3 is 9.80 Å². The molecule has 0 spiro atoms. The first-order chi connectivity index (χ1) is 30.7. The van der Waals surface area contributed by atoms with E-state index >= 15 is 0 Å². The molecule has 2 nitrogen and oxygen atoms in total. The maximum atomic E-state index is 2.45. The summed E-state index contributed by atoms with van der Waals surface area (Å²) in [5.74, 6) is 0. The monoisotopic (exact) mass is 826 g/mol. The predicted molar refractivity (Wildman–Crippen MR) is 270 cm³/mol. The Morgan fingerprint density at radius 1 is 0.258 bits per heavy atom. The van der Waals surface area contributed by atoms with E-state index in [1.807, 2.05) is 22.7 Å². The van der Waals surface area contributed by atoms with E-state index in [2.05, 4.69) is 240 Å². The summed E-state index contributed by atoms with van der Waals surface area (Å²) in [6.45, 7) is 0. The van der Waals surface area contributed by atoms with Gasteiger partial charge in [-0.25, -0.2) is 0 Å². The smallest absolute Gasteiger partial charge is 0.0546 e. The van der Waals surface area contributed by atoms with Crippen LogP contribution in [0.4, 0.5) is 34.1 Å². The van der Waals surface area contributed by atoms with E-state index in [1.54, 1.807) is 0 Å². The summed E-state index contributed by atoms with van der Waals surface area (Å²) in [5, 5.41) is 7.52. The minimum Gasteiger partial charge on any atom is -0.310 e. The quantitative estimate of drug-likeness (QED) is 0.151. The Hall–Kier alpha value is -7.50. The van der Waals surface area contributed by atoms with E-state index in [9.17, 15) is 0 Å². The Kier molecular flexibility index (Phi) is 8.91. The molecule has 0 atom stereocenters. The number of hydrogen-bond acceptors (Lipinski definition) is 4. The molecule has 0 saturated carbocycles. The normalized spacial score (nSPS) is 11.5. The van der Waals surface area contributed by atoms with Crippen LogP contribution in [0.3, 0.4) is 0 Å². The van der Waals surface area contributed by atoms with Crippen molar-refractivity contribution in [3.63, 3.8) is 0 Å². The Bertz CT molecular complexity index is 3340. The number of fused-ring (bicyclic) bond motifs is 7. The summed E-state index contributed by atoms with van der Waals surface area (Å²) in [6.07, 6.45) is 0. The second-order valence-corrected chi connectivity index (χ2v) is 17.9. The first kappa shape index (κ1) is 36.4. The summed E-state index contributed by atoms with van der Waals surface area (Å²) in [6, 6.07) is 84.4. The summed E-state index contributed by atoms with van der Waals surface area (Å²) >= 11 is 3.71. The lowest BCUT2D eigenvalue weighted by Gasteiger charge is -2.30. The van der Waals surface area contributed by atoms with E-state index in [0.29, 0.717) is 0 Å². The highest BCUT2D eigenvalue weighted by molar-refractivity contribution is 7.26. The average molecular weight is 827 g/mol. The van der Waals surface area contributed by atoms with E-state index in [1.165, 1.54) is 68.0 Å². The number of thiophene rings is 2. The Labute approximate surface area is 368 Å². The Morgan fingerprint density at radius 3 is 1.05 bits per heavy atom. The first-order valence-electron chi connectivity index (χ1n) is 21.0. The molecule has 0 amide bonds. The van der Waals surface area contributed by atoms with Crippen LogP contribution in [0, 0.1) is 0 Å². The van der Waals surface area contributed by atoms with Crippen LogP contribution in [0.5, 0.6) is 0 Å². The third kappa shape index (κ3) is 6.31. The first-order valence-corrected chi connectivity index (χ1v) is 22.6. The molecule has 12 rings (SSSR count). The van der Waals surface area contributed by atoms with Gasteiger partial charge >= 0.3 is 0 Å². The zero-order valence-electron chi connectivity index (χ0n) is 33.7. The largest absolute Gasteiger partial charge is 0.310 e. The summed E-state index contributed by atoms with van der Waals surface area (Å²) in [7, 11) is 0. The lowest BCUT2D eigenvalue weighted by molar-refractivity contribution is 1.29. The van der Waals surface area contributed by atoms with Crippen molar-refractivity contribution >= 4 is 108 Å². The van der Waals surface area contributed by atoms with Gasteiger partial charge in [-0.05, 0) is 107 Å². The fourth-order valence-corrected chi connectivity index (χ4v) is 11.4.